The average Bonchev–Trinajstić information content (AvgIpc) is 3.04. The van der Waals surface area contributed by atoms with E-state index in [9.17, 15) is 0 Å². The van der Waals surface area contributed by atoms with Gasteiger partial charge in [-0.05, 0) is 12.8 Å². The lowest BCUT2D eigenvalue weighted by Gasteiger charge is -2.26. The molecule has 3 rings (SSSR count). The average molecular weight is 260 g/mol. The van der Waals surface area contributed by atoms with E-state index in [1.807, 2.05) is 13.2 Å². The van der Waals surface area contributed by atoms with Crippen molar-refractivity contribution in [3.63, 3.8) is 0 Å². The van der Waals surface area contributed by atoms with Crippen LogP contribution in [0.3, 0.4) is 0 Å². The molecule has 2 heterocycles. The number of nitrogens with two attached hydrogens (primary N) is 1. The van der Waals surface area contributed by atoms with Crippen LogP contribution in [0.1, 0.15) is 31.2 Å². The van der Waals surface area contributed by atoms with Crippen LogP contribution in [0.5, 0.6) is 6.01 Å². The highest BCUT2D eigenvalue weighted by atomic mass is 16.5. The maximum atomic E-state index is 6.09. The monoisotopic (exact) mass is 260 g/mol. The van der Waals surface area contributed by atoms with Gasteiger partial charge in [0.05, 0.1) is 24.3 Å². The summed E-state index contributed by atoms with van der Waals surface area (Å²) >= 11 is 0. The smallest absolute Gasteiger partial charge is 0.316 e. The number of nitrogens with zero attached hydrogens (tertiary/aromatic N) is 3. The van der Waals surface area contributed by atoms with E-state index in [0.717, 1.165) is 23.9 Å². The molecule has 1 fully saturated rings. The molecule has 1 aliphatic carbocycles. The van der Waals surface area contributed by atoms with E-state index in [0.29, 0.717) is 12.6 Å². The van der Waals surface area contributed by atoms with E-state index < -0.39 is 0 Å². The first-order valence-electron chi connectivity index (χ1n) is 6.77. The lowest BCUT2D eigenvalue weighted by atomic mass is 9.80. The van der Waals surface area contributed by atoms with Gasteiger partial charge in [0.15, 0.2) is 0 Å². The fraction of sp³-hybridized carbons (Fsp3) is 0.571. The maximum Gasteiger partial charge on any atom is 0.316 e. The van der Waals surface area contributed by atoms with Gasteiger partial charge in [-0.1, -0.05) is 12.8 Å². The van der Waals surface area contributed by atoms with E-state index in [1.165, 1.54) is 18.4 Å². The number of methoxy groups -OCH3 is 1. The molecular weight excluding hydrogens is 240 g/mol. The molecular formula is C14H20N4O. The first kappa shape index (κ1) is 12.4. The summed E-state index contributed by atoms with van der Waals surface area (Å²) in [6.45, 7) is 0.679. The Hall–Kier alpha value is -1.62. The summed E-state index contributed by atoms with van der Waals surface area (Å²) in [7, 11) is 3.62. The molecule has 2 N–H and O–H groups in total. The van der Waals surface area contributed by atoms with Crippen molar-refractivity contribution in [3.05, 3.63) is 18.0 Å². The van der Waals surface area contributed by atoms with Gasteiger partial charge in [-0.3, -0.25) is 0 Å². The predicted octanol–water partition coefficient (Wildman–Crippen LogP) is 1.75. The van der Waals surface area contributed by atoms with Gasteiger partial charge >= 0.3 is 6.01 Å². The van der Waals surface area contributed by atoms with E-state index in [4.69, 9.17) is 10.5 Å². The summed E-state index contributed by atoms with van der Waals surface area (Å²) < 4.78 is 7.24. The molecule has 1 saturated carbocycles. The van der Waals surface area contributed by atoms with Crippen LogP contribution >= 0.6 is 0 Å². The number of hydrogen-bond donors (Lipinski definition) is 1. The van der Waals surface area contributed by atoms with Crippen LogP contribution in [0.4, 0.5) is 0 Å². The molecule has 0 unspecified atom stereocenters. The molecule has 5 nitrogen and oxygen atoms in total. The molecule has 0 aliphatic heterocycles. The molecule has 2 aromatic rings. The second-order valence-corrected chi connectivity index (χ2v) is 5.44. The SMILES string of the molecule is COc1ncc2c(n1)c(C1(CN)CCCC1)cn2C. The van der Waals surface area contributed by atoms with Crippen molar-refractivity contribution in [3.8, 4) is 6.01 Å². The Labute approximate surface area is 112 Å². The number of fused-ring (bicyclic) bond motifs is 1. The van der Waals surface area contributed by atoms with Crippen LogP contribution in [-0.2, 0) is 12.5 Å². The van der Waals surface area contributed by atoms with Crippen molar-refractivity contribution in [1.29, 1.82) is 0 Å². The van der Waals surface area contributed by atoms with Crippen molar-refractivity contribution in [2.24, 2.45) is 12.8 Å². The molecule has 0 atom stereocenters. The Morgan fingerprint density at radius 2 is 2.16 bits per heavy atom. The number of ether oxygens (including phenoxy) is 1. The van der Waals surface area contributed by atoms with E-state index in [1.54, 1.807) is 7.11 Å². The molecule has 0 spiro atoms. The Morgan fingerprint density at radius 1 is 1.42 bits per heavy atom. The standard InChI is InChI=1S/C14H20N4O/c1-18-8-10(14(9-15)5-3-4-6-14)12-11(18)7-16-13(17-12)19-2/h7-8H,3-6,9,15H2,1-2H3. The fourth-order valence-electron chi connectivity index (χ4n) is 3.26. The quantitative estimate of drug-likeness (QED) is 0.913. The summed E-state index contributed by atoms with van der Waals surface area (Å²) in [6.07, 6.45) is 8.77. The molecule has 0 aromatic carbocycles. The zero-order valence-corrected chi connectivity index (χ0v) is 11.5. The van der Waals surface area contributed by atoms with Gasteiger partial charge in [-0.2, -0.15) is 4.98 Å². The third-order valence-electron chi connectivity index (χ3n) is 4.41. The zero-order chi connectivity index (χ0) is 13.5. The molecule has 102 valence electrons. The summed E-state index contributed by atoms with van der Waals surface area (Å²) in [5.74, 6) is 0. The number of rotatable bonds is 3. The van der Waals surface area contributed by atoms with Crippen molar-refractivity contribution in [2.75, 3.05) is 13.7 Å². The first-order valence-corrected chi connectivity index (χ1v) is 6.77. The van der Waals surface area contributed by atoms with E-state index in [-0.39, 0.29) is 5.41 Å². The molecule has 2 aromatic heterocycles. The van der Waals surface area contributed by atoms with E-state index >= 15 is 0 Å². The molecule has 19 heavy (non-hydrogen) atoms. The summed E-state index contributed by atoms with van der Waals surface area (Å²) in [5.41, 5.74) is 9.45. The molecule has 0 bridgehead atoms. The molecule has 0 saturated heterocycles. The van der Waals surface area contributed by atoms with Gasteiger partial charge in [-0.25, -0.2) is 4.98 Å². The minimum Gasteiger partial charge on any atom is -0.467 e. The third kappa shape index (κ3) is 1.80. The van der Waals surface area contributed by atoms with Crippen molar-refractivity contribution >= 4 is 11.0 Å². The van der Waals surface area contributed by atoms with E-state index in [2.05, 4.69) is 20.7 Å². The Bertz CT molecular complexity index is 599. The van der Waals surface area contributed by atoms with Crippen LogP contribution in [-0.4, -0.2) is 28.2 Å². The normalized spacial score (nSPS) is 18.1. The topological polar surface area (TPSA) is 66.0 Å². The number of hydrogen-bond acceptors (Lipinski definition) is 4. The van der Waals surface area contributed by atoms with Gasteiger partial charge in [0.2, 0.25) is 0 Å². The van der Waals surface area contributed by atoms with Crippen molar-refractivity contribution in [1.82, 2.24) is 14.5 Å². The molecule has 1 aliphatic rings. The lowest BCUT2D eigenvalue weighted by molar-refractivity contribution is 0.381. The Morgan fingerprint density at radius 3 is 2.79 bits per heavy atom. The Kier molecular flexibility index (Phi) is 2.93. The predicted molar refractivity (Wildman–Crippen MR) is 74.3 cm³/mol. The summed E-state index contributed by atoms with van der Waals surface area (Å²) in [6, 6.07) is 0.421. The maximum absolute atomic E-state index is 6.09. The highest BCUT2D eigenvalue weighted by Gasteiger charge is 2.37. The fourth-order valence-corrected chi connectivity index (χ4v) is 3.26. The van der Waals surface area contributed by atoms with Crippen LogP contribution in [0.15, 0.2) is 12.4 Å². The summed E-state index contributed by atoms with van der Waals surface area (Å²) in [4.78, 5) is 8.73. The molecule has 5 heteroatoms. The van der Waals surface area contributed by atoms with Crippen LogP contribution < -0.4 is 10.5 Å². The second kappa shape index (κ2) is 4.49. The lowest BCUT2D eigenvalue weighted by Crippen LogP contribution is -2.31. The van der Waals surface area contributed by atoms with Gasteiger partial charge in [-0.15, -0.1) is 0 Å². The largest absolute Gasteiger partial charge is 0.467 e. The van der Waals surface area contributed by atoms with Gasteiger partial charge < -0.3 is 15.0 Å². The molecule has 0 amide bonds. The second-order valence-electron chi connectivity index (χ2n) is 5.44. The summed E-state index contributed by atoms with van der Waals surface area (Å²) in [5, 5.41) is 0. The highest BCUT2D eigenvalue weighted by Crippen LogP contribution is 2.43. The van der Waals surface area contributed by atoms with Gasteiger partial charge in [0.25, 0.3) is 0 Å². The minimum absolute atomic E-state index is 0.0822. The van der Waals surface area contributed by atoms with Crippen LogP contribution in [0.2, 0.25) is 0 Å². The van der Waals surface area contributed by atoms with Crippen molar-refractivity contribution < 1.29 is 4.74 Å². The minimum atomic E-state index is 0.0822. The zero-order valence-electron chi connectivity index (χ0n) is 11.5. The number of aromatic nitrogens is 3. The first-order chi connectivity index (χ1) is 9.20. The van der Waals surface area contributed by atoms with Crippen LogP contribution in [0, 0.1) is 0 Å². The Balaban J connectivity index is 2.22. The van der Waals surface area contributed by atoms with Crippen molar-refractivity contribution in [2.45, 2.75) is 31.1 Å². The van der Waals surface area contributed by atoms with Crippen LogP contribution in [0.25, 0.3) is 11.0 Å². The number of aryl methyl sites for hydroxylation is 1. The third-order valence-corrected chi connectivity index (χ3v) is 4.41. The molecule has 0 radical (unpaired) electrons. The van der Waals surface area contributed by atoms with Gasteiger partial charge in [0, 0.05) is 30.8 Å². The highest BCUT2D eigenvalue weighted by molar-refractivity contribution is 5.80. The van der Waals surface area contributed by atoms with Gasteiger partial charge in [0.1, 0.15) is 0 Å².